The third kappa shape index (κ3) is 5.86. The molecule has 1 amide bonds. The summed E-state index contributed by atoms with van der Waals surface area (Å²) in [6.45, 7) is 3.93. The summed E-state index contributed by atoms with van der Waals surface area (Å²) in [7, 11) is 0. The minimum Gasteiger partial charge on any atom is -0.465 e. The molecule has 138 valence electrons. The van der Waals surface area contributed by atoms with Crippen LogP contribution in [0.2, 0.25) is 5.02 Å². The first-order valence-corrected chi connectivity index (χ1v) is 8.89. The molecule has 0 aliphatic heterocycles. The molecule has 1 atom stereocenters. The van der Waals surface area contributed by atoms with Gasteiger partial charge in [0.05, 0.1) is 13.2 Å². The Balaban J connectivity index is 2.05. The average molecular weight is 375 g/mol. The zero-order chi connectivity index (χ0) is 18.9. The fraction of sp³-hybridized carbons (Fsp3) is 0.300. The Morgan fingerprint density at radius 3 is 2.54 bits per heavy atom. The van der Waals surface area contributed by atoms with Gasteiger partial charge in [-0.05, 0) is 43.7 Å². The van der Waals surface area contributed by atoms with Crippen molar-refractivity contribution in [2.75, 3.05) is 24.6 Å². The number of nitrogens with zero attached hydrogens (tertiary/aromatic N) is 1. The number of hydrogen-bond acceptors (Lipinski definition) is 4. The Hall–Kier alpha value is -2.37. The normalized spacial score (nSPS) is 11.7. The van der Waals surface area contributed by atoms with Gasteiger partial charge in [-0.1, -0.05) is 41.9 Å². The van der Waals surface area contributed by atoms with Gasteiger partial charge in [-0.3, -0.25) is 9.59 Å². The fourth-order valence-corrected chi connectivity index (χ4v) is 2.70. The quantitative estimate of drug-likeness (QED) is 0.717. The first-order valence-electron chi connectivity index (χ1n) is 8.51. The molecule has 0 heterocycles. The monoisotopic (exact) mass is 374 g/mol. The van der Waals surface area contributed by atoms with Gasteiger partial charge in [-0.15, -0.1) is 0 Å². The van der Waals surface area contributed by atoms with Gasteiger partial charge in [0.1, 0.15) is 6.54 Å². The molecule has 0 saturated carbocycles. The van der Waals surface area contributed by atoms with Crippen molar-refractivity contribution >= 4 is 29.2 Å². The number of rotatable bonds is 8. The topological polar surface area (TPSA) is 58.6 Å². The molecule has 5 nitrogen and oxygen atoms in total. The number of esters is 1. The molecule has 0 aliphatic rings. The highest BCUT2D eigenvalue weighted by atomic mass is 35.5. The SMILES string of the molecule is CCOC(=O)CN(C(=O)CNC(C)c1cccc(Cl)c1)c1ccccc1. The van der Waals surface area contributed by atoms with Crippen LogP contribution in [0.1, 0.15) is 25.5 Å². The number of amides is 1. The van der Waals surface area contributed by atoms with E-state index in [1.165, 1.54) is 4.90 Å². The molecule has 2 aromatic rings. The van der Waals surface area contributed by atoms with Crippen LogP contribution in [0.25, 0.3) is 0 Å². The maximum absolute atomic E-state index is 12.7. The van der Waals surface area contributed by atoms with Gasteiger partial charge in [0.25, 0.3) is 0 Å². The van der Waals surface area contributed by atoms with Gasteiger partial charge in [-0.25, -0.2) is 0 Å². The van der Waals surface area contributed by atoms with Crippen molar-refractivity contribution in [1.29, 1.82) is 0 Å². The second kappa shape index (κ2) is 9.94. The Bertz CT molecular complexity index is 737. The molecule has 26 heavy (non-hydrogen) atoms. The average Bonchev–Trinajstić information content (AvgIpc) is 2.65. The molecular formula is C20H23ClN2O3. The largest absolute Gasteiger partial charge is 0.465 e. The Morgan fingerprint density at radius 2 is 1.88 bits per heavy atom. The summed E-state index contributed by atoms with van der Waals surface area (Å²) in [6, 6.07) is 16.5. The molecule has 1 N–H and O–H groups in total. The number of ether oxygens (including phenoxy) is 1. The van der Waals surface area contributed by atoms with Gasteiger partial charge in [-0.2, -0.15) is 0 Å². The maximum atomic E-state index is 12.7. The van der Waals surface area contributed by atoms with E-state index in [0.29, 0.717) is 10.7 Å². The van der Waals surface area contributed by atoms with E-state index < -0.39 is 5.97 Å². The summed E-state index contributed by atoms with van der Waals surface area (Å²) < 4.78 is 4.98. The van der Waals surface area contributed by atoms with Crippen LogP contribution in [-0.2, 0) is 14.3 Å². The zero-order valence-electron chi connectivity index (χ0n) is 14.9. The number of anilines is 1. The summed E-state index contributed by atoms with van der Waals surface area (Å²) in [5, 5.41) is 3.83. The van der Waals surface area contributed by atoms with E-state index >= 15 is 0 Å². The Kier molecular flexibility index (Phi) is 7.63. The predicted octanol–water partition coefficient (Wildman–Crippen LogP) is 3.59. The van der Waals surface area contributed by atoms with Crippen molar-refractivity contribution < 1.29 is 14.3 Å². The van der Waals surface area contributed by atoms with Crippen molar-refractivity contribution in [3.8, 4) is 0 Å². The van der Waals surface area contributed by atoms with Crippen molar-refractivity contribution in [3.05, 3.63) is 65.2 Å². The summed E-state index contributed by atoms with van der Waals surface area (Å²) in [4.78, 5) is 26.0. The lowest BCUT2D eigenvalue weighted by Crippen LogP contribution is -2.42. The molecule has 0 radical (unpaired) electrons. The second-order valence-corrected chi connectivity index (χ2v) is 6.21. The third-order valence-corrected chi connectivity index (χ3v) is 4.10. The molecule has 0 fully saturated rings. The van der Waals surface area contributed by atoms with Crippen LogP contribution in [0.4, 0.5) is 5.69 Å². The molecule has 0 spiro atoms. The van der Waals surface area contributed by atoms with E-state index in [4.69, 9.17) is 16.3 Å². The number of benzene rings is 2. The molecule has 1 unspecified atom stereocenters. The highest BCUT2D eigenvalue weighted by Gasteiger charge is 2.20. The van der Waals surface area contributed by atoms with E-state index in [2.05, 4.69) is 5.32 Å². The maximum Gasteiger partial charge on any atom is 0.326 e. The highest BCUT2D eigenvalue weighted by Crippen LogP contribution is 2.18. The molecule has 2 aromatic carbocycles. The van der Waals surface area contributed by atoms with Crippen LogP contribution in [0, 0.1) is 0 Å². The summed E-state index contributed by atoms with van der Waals surface area (Å²) in [6.07, 6.45) is 0. The predicted molar refractivity (Wildman–Crippen MR) is 103 cm³/mol. The number of para-hydroxylation sites is 1. The molecule has 6 heteroatoms. The van der Waals surface area contributed by atoms with E-state index in [0.717, 1.165) is 5.56 Å². The minimum absolute atomic E-state index is 0.0575. The van der Waals surface area contributed by atoms with E-state index in [-0.39, 0.29) is 31.6 Å². The van der Waals surface area contributed by atoms with E-state index in [1.807, 2.05) is 43.3 Å². The number of hydrogen-bond donors (Lipinski definition) is 1. The van der Waals surface area contributed by atoms with E-state index in [1.54, 1.807) is 25.1 Å². The van der Waals surface area contributed by atoms with Gasteiger partial charge in [0.2, 0.25) is 5.91 Å². The summed E-state index contributed by atoms with van der Waals surface area (Å²) in [5.74, 6) is -0.647. The van der Waals surface area contributed by atoms with Crippen LogP contribution in [0.15, 0.2) is 54.6 Å². The smallest absolute Gasteiger partial charge is 0.326 e. The van der Waals surface area contributed by atoms with E-state index in [9.17, 15) is 9.59 Å². The number of halogens is 1. The van der Waals surface area contributed by atoms with Gasteiger partial charge in [0.15, 0.2) is 0 Å². The van der Waals surface area contributed by atoms with Crippen LogP contribution in [-0.4, -0.2) is 31.6 Å². The third-order valence-electron chi connectivity index (χ3n) is 3.87. The van der Waals surface area contributed by atoms with Gasteiger partial charge < -0.3 is 15.0 Å². The molecule has 0 saturated heterocycles. The van der Waals surface area contributed by atoms with Crippen molar-refractivity contribution in [2.24, 2.45) is 0 Å². The summed E-state index contributed by atoms with van der Waals surface area (Å²) >= 11 is 6.01. The highest BCUT2D eigenvalue weighted by molar-refractivity contribution is 6.30. The van der Waals surface area contributed by atoms with Crippen LogP contribution in [0.5, 0.6) is 0 Å². The van der Waals surface area contributed by atoms with Crippen molar-refractivity contribution in [1.82, 2.24) is 5.32 Å². The first kappa shape index (κ1) is 19.9. The Morgan fingerprint density at radius 1 is 1.15 bits per heavy atom. The first-order chi connectivity index (χ1) is 12.5. The molecule has 2 rings (SSSR count). The minimum atomic E-state index is -0.437. The number of nitrogens with one attached hydrogen (secondary N) is 1. The molecule has 0 bridgehead atoms. The van der Waals surface area contributed by atoms with Gasteiger partial charge >= 0.3 is 5.97 Å². The Labute approximate surface area is 158 Å². The number of carbonyl (C=O) groups is 2. The van der Waals surface area contributed by atoms with Crippen LogP contribution >= 0.6 is 11.6 Å². The summed E-state index contributed by atoms with van der Waals surface area (Å²) in [5.41, 5.74) is 1.64. The molecule has 0 aliphatic carbocycles. The molecule has 0 aromatic heterocycles. The standard InChI is InChI=1S/C20H23ClN2O3/c1-3-26-20(25)14-23(18-10-5-4-6-11-18)19(24)13-22-15(2)16-8-7-9-17(21)12-16/h4-12,15,22H,3,13-14H2,1-2H3. The van der Waals surface area contributed by atoms with Gasteiger partial charge in [0, 0.05) is 16.8 Å². The van der Waals surface area contributed by atoms with Crippen LogP contribution < -0.4 is 10.2 Å². The molecular weight excluding hydrogens is 352 g/mol. The lowest BCUT2D eigenvalue weighted by molar-refractivity contribution is -0.142. The lowest BCUT2D eigenvalue weighted by atomic mass is 10.1. The van der Waals surface area contributed by atoms with Crippen molar-refractivity contribution in [2.45, 2.75) is 19.9 Å². The van der Waals surface area contributed by atoms with Crippen molar-refractivity contribution in [3.63, 3.8) is 0 Å². The zero-order valence-corrected chi connectivity index (χ0v) is 15.7. The van der Waals surface area contributed by atoms with Crippen LogP contribution in [0.3, 0.4) is 0 Å². The number of carbonyl (C=O) groups excluding carboxylic acids is 2. The fourth-order valence-electron chi connectivity index (χ4n) is 2.50. The second-order valence-electron chi connectivity index (χ2n) is 5.78. The lowest BCUT2D eigenvalue weighted by Gasteiger charge is -2.23.